The molecule has 2 N–H and O–H groups in total. The van der Waals surface area contributed by atoms with Crippen LogP contribution in [0.4, 0.5) is 20.4 Å². The number of fused-ring (bicyclic) bond motifs is 2. The van der Waals surface area contributed by atoms with Crippen LogP contribution in [-0.2, 0) is 65.4 Å². The maximum absolute atomic E-state index is 14.4. The molecule has 10 rings (SSSR count). The molecule has 6 aromatic heterocycles. The van der Waals surface area contributed by atoms with Crippen molar-refractivity contribution < 1.29 is 41.8 Å². The molecule has 5 atom stereocenters. The number of rotatable bonds is 14. The van der Waals surface area contributed by atoms with Crippen molar-refractivity contribution in [2.45, 2.75) is 74.5 Å². The third-order valence-electron chi connectivity index (χ3n) is 12.8. The van der Waals surface area contributed by atoms with Gasteiger partial charge in [-0.3, -0.25) is 42.3 Å². The number of alkyl halides is 2. The van der Waals surface area contributed by atoms with Crippen molar-refractivity contribution in [1.29, 1.82) is 0 Å². The fraction of sp³-hybridized carbons (Fsp3) is 0.269. The summed E-state index contributed by atoms with van der Waals surface area (Å²) in [5, 5.41) is 16.0. The van der Waals surface area contributed by atoms with Crippen LogP contribution in [0.2, 0.25) is 0 Å². The average Bonchev–Trinajstić information content (AvgIpc) is 4.46. The van der Waals surface area contributed by atoms with Gasteiger partial charge in [-0.2, -0.15) is 23.7 Å². The minimum atomic E-state index is -1.36. The third-order valence-corrected chi connectivity index (χ3v) is 15.0. The predicted molar refractivity (Wildman–Crippen MR) is 322 cm³/mol. The minimum Gasteiger partial charge on any atom is -0.326 e. The highest BCUT2D eigenvalue weighted by atomic mass is 79.9. The molecule has 1 unspecified atom stereocenters. The quantitative estimate of drug-likeness (QED) is 0.0464. The van der Waals surface area contributed by atoms with Crippen LogP contribution in [0.3, 0.4) is 0 Å². The molecule has 82 heavy (non-hydrogen) atoms. The van der Waals surface area contributed by atoms with E-state index < -0.39 is 58.9 Å². The van der Waals surface area contributed by atoms with Crippen LogP contribution in [0.25, 0.3) is 44.1 Å². The fourth-order valence-electron chi connectivity index (χ4n) is 9.09. The number of aromatic nitrogens is 10. The van der Waals surface area contributed by atoms with E-state index in [1.165, 1.54) is 51.0 Å². The van der Waals surface area contributed by atoms with E-state index in [4.69, 9.17) is 0 Å². The Kier molecular flexibility index (Phi) is 21.4. The number of pyridine rings is 2. The second-order valence-electron chi connectivity index (χ2n) is 18.2. The normalized spacial score (nSPS) is 16.7. The first kappa shape index (κ1) is 62.8. The number of halogens is 4. The minimum absolute atomic E-state index is 0. The van der Waals surface area contributed by atoms with E-state index >= 15 is 0 Å². The standard InChI is InChI=1S/C26H23BrFN7O4S.C26H23BrFN7O3S.S2.H2S/c1-14(36)24-18-8-15(16-10-29-26(30-11-16)40(2)39)6-7-19(18)35(33-24)13-23(37)34-12-17(28)9-20(34)25(38)32-22-5-3-4-21(27)31-22;1-14(36)24-18-8-15(16-10-29-26(39-2)30-11-16)6-7-19(18)35(33-24)13-23(37)34-12-17(28)9-20(34)25(38)32-22-5-3-4-21(27)31-22;1-2;/h3-8,10-11,17,20H,9,12-13H2,1-2H3,(H,31,32,38);3-8,10-11,17,20H,9,12-13H2,1-2H3,(H,31,32,38);;1H2/t17-,20+,40?;17-,20+;;/m11../s1. The first-order chi connectivity index (χ1) is 38.8. The zero-order chi connectivity index (χ0) is 58.2. The topological polar surface area (TPSA) is 263 Å². The highest BCUT2D eigenvalue weighted by Crippen LogP contribution is 2.31. The van der Waals surface area contributed by atoms with E-state index in [-0.39, 0.29) is 92.3 Å². The van der Waals surface area contributed by atoms with Crippen molar-refractivity contribution in [2.24, 2.45) is 0 Å². The Balaban J connectivity index is 0.000000227. The molecule has 21 nitrogen and oxygen atoms in total. The summed E-state index contributed by atoms with van der Waals surface area (Å²) in [5.74, 6) is -2.06. The summed E-state index contributed by atoms with van der Waals surface area (Å²) >= 11 is 15.2. The lowest BCUT2D eigenvalue weighted by atomic mass is 10.0. The molecule has 8 aromatic rings. The number of carbonyl (C=O) groups is 6. The van der Waals surface area contributed by atoms with Gasteiger partial charge in [-0.25, -0.2) is 38.7 Å². The zero-order valence-electron chi connectivity index (χ0n) is 43.7. The Morgan fingerprint density at radius 2 is 1.05 bits per heavy atom. The van der Waals surface area contributed by atoms with Gasteiger partial charge in [0.1, 0.15) is 69.7 Å². The summed E-state index contributed by atoms with van der Waals surface area (Å²) in [4.78, 5) is 105. The van der Waals surface area contributed by atoms with Gasteiger partial charge in [0.2, 0.25) is 28.8 Å². The Bertz CT molecular complexity index is 3760. The number of likely N-dealkylation sites (tertiary alicyclic amines) is 2. The number of anilines is 2. The highest BCUT2D eigenvalue weighted by Gasteiger charge is 2.41. The van der Waals surface area contributed by atoms with Gasteiger partial charge in [0, 0.05) is 102 Å². The van der Waals surface area contributed by atoms with E-state index in [0.717, 1.165) is 11.1 Å². The largest absolute Gasteiger partial charge is 0.326 e. The van der Waals surface area contributed by atoms with Crippen molar-refractivity contribution in [1.82, 2.24) is 59.3 Å². The second kappa shape index (κ2) is 28.0. The molecule has 0 bridgehead atoms. The van der Waals surface area contributed by atoms with Gasteiger partial charge in [-0.1, -0.05) is 36.0 Å². The number of nitrogens with one attached hydrogen (secondary N) is 2. The Labute approximate surface area is 507 Å². The van der Waals surface area contributed by atoms with E-state index in [1.54, 1.807) is 85.5 Å². The Morgan fingerprint density at radius 1 is 0.646 bits per heavy atom. The summed E-state index contributed by atoms with van der Waals surface area (Å²) < 4.78 is 44.3. The van der Waals surface area contributed by atoms with Crippen LogP contribution in [0, 0.1) is 0 Å². The van der Waals surface area contributed by atoms with E-state index in [0.29, 0.717) is 47.3 Å². The van der Waals surface area contributed by atoms with Crippen LogP contribution in [0.15, 0.2) is 117 Å². The third kappa shape index (κ3) is 14.7. The van der Waals surface area contributed by atoms with Crippen LogP contribution < -0.4 is 10.6 Å². The Hall–Kier alpha value is -6.83. The van der Waals surface area contributed by atoms with E-state index in [1.807, 2.05) is 18.4 Å². The van der Waals surface area contributed by atoms with Crippen LogP contribution in [0.5, 0.6) is 0 Å². The van der Waals surface area contributed by atoms with Crippen LogP contribution in [0.1, 0.15) is 47.7 Å². The smallest absolute Gasteiger partial charge is 0.248 e. The van der Waals surface area contributed by atoms with Crippen molar-refractivity contribution in [3.05, 3.63) is 118 Å². The SMILES string of the molecule is CC(=O)c1nn(CC(=O)N2C[C@H](F)C[C@H]2C(=O)Nc2cccc(Br)n2)c2ccc(-c3cnc(S(C)=O)nc3)cc12.CSc1ncc(-c2ccc3c(c2)c(C(C)=O)nn3CC(=O)N2C[C@H](F)C[C@H]2C(=O)Nc2cccc(Br)n2)cn1.S.S=S. The molecule has 8 heterocycles. The predicted octanol–water partition coefficient (Wildman–Crippen LogP) is 7.43. The number of amides is 4. The molecule has 2 saturated heterocycles. The lowest BCUT2D eigenvalue weighted by Gasteiger charge is -2.23. The summed E-state index contributed by atoms with van der Waals surface area (Å²) in [6, 6.07) is 18.6. The van der Waals surface area contributed by atoms with Crippen LogP contribution >= 0.6 is 57.1 Å². The molecule has 2 aromatic carbocycles. The van der Waals surface area contributed by atoms with Gasteiger partial charge < -0.3 is 20.4 Å². The number of hydrogen-bond donors (Lipinski definition) is 2. The molecular weight excluding hydrogens is 1290 g/mol. The number of carbonyl (C=O) groups excluding carboxylic acids is 6. The summed E-state index contributed by atoms with van der Waals surface area (Å²) in [6.07, 6.45) is 6.91. The van der Waals surface area contributed by atoms with E-state index in [2.05, 4.69) is 105 Å². The van der Waals surface area contributed by atoms with Crippen molar-refractivity contribution >= 4 is 159 Å². The molecule has 30 heteroatoms. The van der Waals surface area contributed by atoms with Gasteiger partial charge in [0.25, 0.3) is 0 Å². The number of ketones is 2. The molecule has 0 radical (unpaired) electrons. The Morgan fingerprint density at radius 3 is 1.41 bits per heavy atom. The number of thioether (sulfide) groups is 1. The molecule has 426 valence electrons. The van der Waals surface area contributed by atoms with Gasteiger partial charge in [0.15, 0.2) is 16.7 Å². The first-order valence-corrected chi connectivity index (χ1v) is 30.0. The van der Waals surface area contributed by atoms with E-state index in [9.17, 15) is 41.8 Å². The molecule has 0 spiro atoms. The van der Waals surface area contributed by atoms with Crippen LogP contribution in [-0.4, -0.2) is 149 Å². The number of Topliss-reactive ketones (excluding diaryl/α,β-unsaturated/α-hetero) is 2. The first-order valence-electron chi connectivity index (χ1n) is 24.3. The molecule has 0 saturated carbocycles. The molecule has 2 aliphatic heterocycles. The monoisotopic (exact) mass is 1340 g/mol. The lowest BCUT2D eigenvalue weighted by Crippen LogP contribution is -2.44. The van der Waals surface area contributed by atoms with Crippen molar-refractivity contribution in [3.63, 3.8) is 0 Å². The summed E-state index contributed by atoms with van der Waals surface area (Å²) in [6.45, 7) is 1.78. The van der Waals surface area contributed by atoms with Gasteiger partial charge in [-0.05, 0) is 97.8 Å². The van der Waals surface area contributed by atoms with Gasteiger partial charge in [-0.15, -0.1) is 0 Å². The second-order valence-corrected chi connectivity index (χ2v) is 21.9. The molecular formula is C52H48Br2F2N14O7S5. The fourth-order valence-corrected chi connectivity index (χ4v) is 10.5. The molecule has 2 fully saturated rings. The number of hydrogen-bond acceptors (Lipinski definition) is 18. The summed E-state index contributed by atoms with van der Waals surface area (Å²) in [5.41, 5.74) is 4.37. The lowest BCUT2D eigenvalue weighted by molar-refractivity contribution is -0.137. The van der Waals surface area contributed by atoms with Gasteiger partial charge >= 0.3 is 0 Å². The number of nitrogens with zero attached hydrogens (tertiary/aromatic N) is 12. The van der Waals surface area contributed by atoms with Crippen molar-refractivity contribution in [3.8, 4) is 22.3 Å². The molecule has 2 aliphatic rings. The van der Waals surface area contributed by atoms with Gasteiger partial charge in [0.05, 0.1) is 34.9 Å². The molecule has 0 aliphatic carbocycles. The average molecular weight is 1340 g/mol. The zero-order valence-corrected chi connectivity index (χ0v) is 51.1. The van der Waals surface area contributed by atoms with Crippen molar-refractivity contribution in [2.75, 3.05) is 36.2 Å². The summed E-state index contributed by atoms with van der Waals surface area (Å²) in [7, 11) is -1.32. The maximum Gasteiger partial charge on any atom is 0.248 e. The maximum atomic E-state index is 14.4. The highest BCUT2D eigenvalue weighted by molar-refractivity contribution is 9.10. The molecule has 4 amide bonds. The number of benzene rings is 2.